The van der Waals surface area contributed by atoms with Gasteiger partial charge in [0, 0.05) is 6.61 Å². The van der Waals surface area contributed by atoms with Gasteiger partial charge in [0.05, 0.1) is 12.2 Å². The van der Waals surface area contributed by atoms with Gasteiger partial charge in [-0.15, -0.1) is 0 Å². The van der Waals surface area contributed by atoms with Crippen LogP contribution in [0.15, 0.2) is 0 Å². The lowest BCUT2D eigenvalue weighted by Gasteiger charge is -2.36. The number of ether oxygens (including phenoxy) is 1. The predicted molar refractivity (Wildman–Crippen MR) is 52.5 cm³/mol. The molecule has 78 valence electrons. The highest BCUT2D eigenvalue weighted by Crippen LogP contribution is 2.35. The van der Waals surface area contributed by atoms with Gasteiger partial charge >= 0.3 is 0 Å². The van der Waals surface area contributed by atoms with Gasteiger partial charge in [-0.3, -0.25) is 0 Å². The molecule has 0 aromatic heterocycles. The molecule has 1 unspecified atom stereocenters. The molecule has 1 rings (SSSR count). The summed E-state index contributed by atoms with van der Waals surface area (Å²) < 4.78 is 5.56. The van der Waals surface area contributed by atoms with Crippen molar-refractivity contribution in [1.82, 2.24) is 0 Å². The van der Waals surface area contributed by atoms with Gasteiger partial charge in [0.2, 0.25) is 0 Å². The number of hydrogen-bond acceptors (Lipinski definition) is 3. The Bertz CT molecular complexity index is 216. The van der Waals surface area contributed by atoms with Crippen LogP contribution in [-0.2, 0) is 9.53 Å². The summed E-state index contributed by atoms with van der Waals surface area (Å²) in [5.74, 6) is -0.176. The Kier molecular flexibility index (Phi) is 4.61. The maximum absolute atomic E-state index is 10.5. The first-order valence-electron chi connectivity index (χ1n) is 5.28. The second-order valence-electron chi connectivity index (χ2n) is 3.87. The maximum Gasteiger partial charge on any atom is 0.137 e. The van der Waals surface area contributed by atoms with Crippen LogP contribution in [0.25, 0.3) is 0 Å². The minimum absolute atomic E-state index is 0.240. The van der Waals surface area contributed by atoms with E-state index in [-0.39, 0.29) is 5.92 Å². The molecule has 0 aliphatic heterocycles. The molecule has 0 aromatic rings. The number of carbonyl (C=O) groups excluding carboxylic acids is 1. The summed E-state index contributed by atoms with van der Waals surface area (Å²) in [6.45, 7) is 2.94. The second kappa shape index (κ2) is 5.77. The molecular formula is C11H17NO2. The third-order valence-corrected chi connectivity index (χ3v) is 2.79. The number of hydrogen-bond donors (Lipinski definition) is 0. The molecule has 0 aromatic carbocycles. The highest BCUT2D eigenvalue weighted by Gasteiger charge is 2.35. The van der Waals surface area contributed by atoms with E-state index in [1.54, 1.807) is 0 Å². The van der Waals surface area contributed by atoms with Crippen LogP contribution < -0.4 is 0 Å². The van der Waals surface area contributed by atoms with Crippen LogP contribution in [0.1, 0.15) is 32.6 Å². The van der Waals surface area contributed by atoms with Gasteiger partial charge in [0.1, 0.15) is 12.2 Å². The first-order chi connectivity index (χ1) is 6.81. The Hall–Kier alpha value is -0.880. The lowest BCUT2D eigenvalue weighted by atomic mass is 9.75. The fourth-order valence-corrected chi connectivity index (χ4v) is 1.68. The standard InChI is InChI=1S/C11H17NO2/c1-2-3-4-14-11-5-9(6-11)10(7-12)8-13/h8-11H,2-6H2,1H3. The predicted octanol–water partition coefficient (Wildman–Crippen LogP) is 1.92. The Balaban J connectivity index is 2.11. The first-order valence-corrected chi connectivity index (χ1v) is 5.28. The number of unbranched alkanes of at least 4 members (excludes halogenated alkanes) is 1. The van der Waals surface area contributed by atoms with E-state index in [0.717, 1.165) is 38.6 Å². The highest BCUT2D eigenvalue weighted by molar-refractivity contribution is 5.58. The molecule has 3 heteroatoms. The van der Waals surface area contributed by atoms with Crippen molar-refractivity contribution < 1.29 is 9.53 Å². The van der Waals surface area contributed by atoms with Gasteiger partial charge in [0.15, 0.2) is 0 Å². The summed E-state index contributed by atoms with van der Waals surface area (Å²) in [5, 5.41) is 8.64. The lowest BCUT2D eigenvalue weighted by Crippen LogP contribution is -2.36. The topological polar surface area (TPSA) is 50.1 Å². The largest absolute Gasteiger partial charge is 0.378 e. The summed E-state index contributed by atoms with van der Waals surface area (Å²) in [4.78, 5) is 10.5. The molecule has 1 atom stereocenters. The molecular weight excluding hydrogens is 178 g/mol. The molecule has 3 nitrogen and oxygen atoms in total. The third kappa shape index (κ3) is 2.81. The van der Waals surface area contributed by atoms with Crippen molar-refractivity contribution >= 4 is 6.29 Å². The van der Waals surface area contributed by atoms with E-state index in [1.807, 2.05) is 6.07 Å². The summed E-state index contributed by atoms with van der Waals surface area (Å²) in [7, 11) is 0. The monoisotopic (exact) mass is 195 g/mol. The van der Waals surface area contributed by atoms with Crippen molar-refractivity contribution in [2.45, 2.75) is 38.7 Å². The Morgan fingerprint density at radius 3 is 2.86 bits per heavy atom. The van der Waals surface area contributed by atoms with Crippen LogP contribution in [0.5, 0.6) is 0 Å². The van der Waals surface area contributed by atoms with Crippen molar-refractivity contribution in [3.05, 3.63) is 0 Å². The van der Waals surface area contributed by atoms with E-state index < -0.39 is 5.92 Å². The molecule has 0 N–H and O–H groups in total. The summed E-state index contributed by atoms with van der Waals surface area (Å²) in [6.07, 6.45) is 5.04. The van der Waals surface area contributed by atoms with Crippen LogP contribution in [0, 0.1) is 23.2 Å². The SMILES string of the molecule is CCCCOC1CC(C(C#N)C=O)C1. The van der Waals surface area contributed by atoms with Gasteiger partial charge in [-0.1, -0.05) is 13.3 Å². The Morgan fingerprint density at radius 2 is 2.36 bits per heavy atom. The van der Waals surface area contributed by atoms with Gasteiger partial charge < -0.3 is 9.53 Å². The van der Waals surface area contributed by atoms with Crippen LogP contribution in [0.2, 0.25) is 0 Å². The van der Waals surface area contributed by atoms with Crippen LogP contribution in [-0.4, -0.2) is 19.0 Å². The van der Waals surface area contributed by atoms with E-state index in [0.29, 0.717) is 6.10 Å². The van der Waals surface area contributed by atoms with E-state index in [4.69, 9.17) is 10.00 Å². The molecule has 0 saturated heterocycles. The zero-order chi connectivity index (χ0) is 10.4. The third-order valence-electron chi connectivity index (χ3n) is 2.79. The smallest absolute Gasteiger partial charge is 0.137 e. The maximum atomic E-state index is 10.5. The van der Waals surface area contributed by atoms with Crippen LogP contribution in [0.4, 0.5) is 0 Å². The van der Waals surface area contributed by atoms with Crippen LogP contribution in [0.3, 0.4) is 0 Å². The molecule has 1 saturated carbocycles. The number of aldehydes is 1. The fourth-order valence-electron chi connectivity index (χ4n) is 1.68. The number of carbonyl (C=O) groups is 1. The molecule has 0 bridgehead atoms. The van der Waals surface area contributed by atoms with Crippen molar-refractivity contribution in [3.8, 4) is 6.07 Å². The van der Waals surface area contributed by atoms with Crippen molar-refractivity contribution in [1.29, 1.82) is 5.26 Å². The van der Waals surface area contributed by atoms with Crippen molar-refractivity contribution in [3.63, 3.8) is 0 Å². The average Bonchev–Trinajstić information content (AvgIpc) is 2.14. The summed E-state index contributed by atoms with van der Waals surface area (Å²) in [5.41, 5.74) is 0. The lowest BCUT2D eigenvalue weighted by molar-refractivity contribution is -0.114. The molecule has 0 radical (unpaired) electrons. The summed E-state index contributed by atoms with van der Waals surface area (Å²) in [6, 6.07) is 2.02. The molecule has 14 heavy (non-hydrogen) atoms. The Morgan fingerprint density at radius 1 is 1.64 bits per heavy atom. The van der Waals surface area contributed by atoms with Gasteiger partial charge in [-0.2, -0.15) is 5.26 Å². The summed E-state index contributed by atoms with van der Waals surface area (Å²) >= 11 is 0. The van der Waals surface area contributed by atoms with Gasteiger partial charge in [-0.25, -0.2) is 0 Å². The average molecular weight is 195 g/mol. The fraction of sp³-hybridized carbons (Fsp3) is 0.818. The Labute approximate surface area is 85.1 Å². The normalized spacial score (nSPS) is 27.4. The molecule has 1 fully saturated rings. The quantitative estimate of drug-likeness (QED) is 0.480. The molecule has 0 amide bonds. The number of nitriles is 1. The number of nitrogens with zero attached hydrogens (tertiary/aromatic N) is 1. The second-order valence-corrected chi connectivity index (χ2v) is 3.87. The molecule has 0 spiro atoms. The van der Waals surface area contributed by atoms with Crippen LogP contribution >= 0.6 is 0 Å². The minimum atomic E-state index is -0.416. The molecule has 1 aliphatic carbocycles. The van der Waals surface area contributed by atoms with E-state index in [1.165, 1.54) is 0 Å². The highest BCUT2D eigenvalue weighted by atomic mass is 16.5. The minimum Gasteiger partial charge on any atom is -0.378 e. The first kappa shape index (κ1) is 11.2. The molecule has 0 heterocycles. The van der Waals surface area contributed by atoms with Crippen molar-refractivity contribution in [2.24, 2.45) is 11.8 Å². The van der Waals surface area contributed by atoms with E-state index >= 15 is 0 Å². The van der Waals surface area contributed by atoms with Gasteiger partial charge in [0.25, 0.3) is 0 Å². The van der Waals surface area contributed by atoms with Gasteiger partial charge in [-0.05, 0) is 25.2 Å². The molecule has 1 aliphatic rings. The van der Waals surface area contributed by atoms with E-state index in [2.05, 4.69) is 6.92 Å². The van der Waals surface area contributed by atoms with Crippen molar-refractivity contribution in [2.75, 3.05) is 6.61 Å². The number of rotatable bonds is 6. The zero-order valence-corrected chi connectivity index (χ0v) is 8.61. The zero-order valence-electron chi connectivity index (χ0n) is 8.61. The van der Waals surface area contributed by atoms with E-state index in [9.17, 15) is 4.79 Å².